The summed E-state index contributed by atoms with van der Waals surface area (Å²) in [6.45, 7) is 0. The highest BCUT2D eigenvalue weighted by atomic mass is 32.1. The first-order valence-corrected chi connectivity index (χ1v) is 6.35. The molecule has 2 aromatic rings. The zero-order chi connectivity index (χ0) is 13.0. The van der Waals surface area contributed by atoms with Crippen LogP contribution in [0.5, 0.6) is 0 Å². The summed E-state index contributed by atoms with van der Waals surface area (Å²) in [6, 6.07) is 6.65. The number of aromatic nitrogens is 1. The van der Waals surface area contributed by atoms with Gasteiger partial charge in [0, 0.05) is 17.5 Å². The van der Waals surface area contributed by atoms with Crippen LogP contribution < -0.4 is 0 Å². The number of benzene rings is 1. The first kappa shape index (κ1) is 12.7. The quantitative estimate of drug-likeness (QED) is 0.904. The average molecular weight is 265 g/mol. The Bertz CT molecular complexity index is 553. The van der Waals surface area contributed by atoms with Crippen molar-refractivity contribution in [2.24, 2.45) is 0 Å². The Hall–Kier alpha value is -1.75. The highest BCUT2D eigenvalue weighted by Gasteiger charge is 2.07. The summed E-state index contributed by atoms with van der Waals surface area (Å²) in [6.07, 6.45) is 2.78. The van der Waals surface area contributed by atoms with Crippen molar-refractivity contribution in [3.63, 3.8) is 0 Å². The maximum Gasteiger partial charge on any atom is 0.308 e. The number of hydrogen-bond donors (Lipinski definition) is 1. The summed E-state index contributed by atoms with van der Waals surface area (Å²) in [5.41, 5.74) is 0.660. The molecule has 1 aromatic heterocycles. The molecular formula is C13H12FNO2S. The van der Waals surface area contributed by atoms with Crippen LogP contribution in [-0.2, 0) is 24.1 Å². The van der Waals surface area contributed by atoms with Crippen LogP contribution >= 0.6 is 11.3 Å². The largest absolute Gasteiger partial charge is 0.481 e. The molecule has 0 aliphatic rings. The minimum atomic E-state index is -0.862. The van der Waals surface area contributed by atoms with Crippen molar-refractivity contribution in [3.8, 4) is 0 Å². The summed E-state index contributed by atoms with van der Waals surface area (Å²) in [4.78, 5) is 15.4. The number of aliphatic carboxylic acids is 1. The van der Waals surface area contributed by atoms with Crippen LogP contribution in [0.3, 0.4) is 0 Å². The van der Waals surface area contributed by atoms with Crippen LogP contribution in [0.4, 0.5) is 4.39 Å². The van der Waals surface area contributed by atoms with Gasteiger partial charge < -0.3 is 5.11 Å². The Morgan fingerprint density at radius 2 is 2.11 bits per heavy atom. The topological polar surface area (TPSA) is 50.2 Å². The fraction of sp³-hybridized carbons (Fsp3) is 0.231. The highest BCUT2D eigenvalue weighted by molar-refractivity contribution is 7.11. The highest BCUT2D eigenvalue weighted by Crippen LogP contribution is 2.17. The molecule has 0 atom stereocenters. The van der Waals surface area contributed by atoms with Gasteiger partial charge in [0.25, 0.3) is 0 Å². The number of aryl methyl sites for hydroxylation is 2. The van der Waals surface area contributed by atoms with Gasteiger partial charge in [-0.1, -0.05) is 18.2 Å². The number of nitrogens with zero attached hydrogens (tertiary/aromatic N) is 1. The summed E-state index contributed by atoms with van der Waals surface area (Å²) in [7, 11) is 0. The second kappa shape index (κ2) is 5.73. The molecule has 1 N–H and O–H groups in total. The second-order valence-electron chi connectivity index (χ2n) is 3.88. The normalized spacial score (nSPS) is 10.5. The molecule has 0 fully saturated rings. The molecule has 0 aliphatic carbocycles. The molecule has 0 amide bonds. The number of halogens is 1. The van der Waals surface area contributed by atoms with Gasteiger partial charge in [-0.2, -0.15) is 0 Å². The molecule has 94 valence electrons. The Labute approximate surface area is 108 Å². The predicted octanol–water partition coefficient (Wildman–Crippen LogP) is 2.69. The Balaban J connectivity index is 1.96. The molecule has 5 heteroatoms. The van der Waals surface area contributed by atoms with E-state index in [2.05, 4.69) is 4.98 Å². The first-order chi connectivity index (χ1) is 8.65. The van der Waals surface area contributed by atoms with Gasteiger partial charge in [-0.25, -0.2) is 9.37 Å². The first-order valence-electron chi connectivity index (χ1n) is 5.54. The predicted molar refractivity (Wildman–Crippen MR) is 67.3 cm³/mol. The van der Waals surface area contributed by atoms with Gasteiger partial charge in [-0.3, -0.25) is 4.79 Å². The molecule has 0 saturated heterocycles. The van der Waals surface area contributed by atoms with E-state index in [-0.39, 0.29) is 12.2 Å². The average Bonchev–Trinajstić information content (AvgIpc) is 2.75. The van der Waals surface area contributed by atoms with E-state index in [1.807, 2.05) is 0 Å². The molecule has 0 radical (unpaired) electrons. The molecule has 3 nitrogen and oxygen atoms in total. The lowest BCUT2D eigenvalue weighted by Crippen LogP contribution is -1.97. The van der Waals surface area contributed by atoms with E-state index in [0.29, 0.717) is 18.4 Å². The standard InChI is InChI=1S/C13H12FNO2S/c14-11-4-2-1-3-9(11)5-6-12-15-8-10(18-12)7-13(16)17/h1-4,8H,5-7H2,(H,16,17). The van der Waals surface area contributed by atoms with Crippen molar-refractivity contribution in [1.82, 2.24) is 4.98 Å². The van der Waals surface area contributed by atoms with Crippen LogP contribution in [0.15, 0.2) is 30.5 Å². The Kier molecular flexibility index (Phi) is 4.04. The second-order valence-corrected chi connectivity index (χ2v) is 5.08. The van der Waals surface area contributed by atoms with Crippen LogP contribution in [-0.4, -0.2) is 16.1 Å². The number of rotatable bonds is 5. The van der Waals surface area contributed by atoms with Crippen molar-refractivity contribution in [3.05, 3.63) is 51.7 Å². The summed E-state index contributed by atoms with van der Waals surface area (Å²) < 4.78 is 13.4. The fourth-order valence-corrected chi connectivity index (χ4v) is 2.55. The maximum absolute atomic E-state index is 13.4. The lowest BCUT2D eigenvalue weighted by atomic mass is 10.1. The van der Waals surface area contributed by atoms with E-state index in [9.17, 15) is 9.18 Å². The van der Waals surface area contributed by atoms with Gasteiger partial charge in [0.15, 0.2) is 0 Å². The lowest BCUT2D eigenvalue weighted by molar-refractivity contribution is -0.136. The zero-order valence-corrected chi connectivity index (χ0v) is 10.4. The third-order valence-corrected chi connectivity index (χ3v) is 3.55. The van der Waals surface area contributed by atoms with E-state index < -0.39 is 5.97 Å². The van der Waals surface area contributed by atoms with E-state index in [1.165, 1.54) is 17.4 Å². The molecule has 1 heterocycles. The third-order valence-electron chi connectivity index (χ3n) is 2.49. The zero-order valence-electron chi connectivity index (χ0n) is 9.60. The lowest BCUT2D eigenvalue weighted by Gasteiger charge is -2.00. The molecule has 0 unspecified atom stereocenters. The summed E-state index contributed by atoms with van der Waals surface area (Å²) >= 11 is 1.37. The minimum Gasteiger partial charge on any atom is -0.481 e. The monoisotopic (exact) mass is 265 g/mol. The molecular weight excluding hydrogens is 253 g/mol. The van der Waals surface area contributed by atoms with Crippen LogP contribution in [0.25, 0.3) is 0 Å². The van der Waals surface area contributed by atoms with E-state index >= 15 is 0 Å². The van der Waals surface area contributed by atoms with Gasteiger partial charge in [0.05, 0.1) is 11.4 Å². The molecule has 2 rings (SSSR count). The number of carbonyl (C=O) groups is 1. The molecule has 0 spiro atoms. The van der Waals surface area contributed by atoms with Crippen molar-refractivity contribution in [2.75, 3.05) is 0 Å². The Morgan fingerprint density at radius 3 is 2.83 bits per heavy atom. The number of carboxylic acids is 1. The van der Waals surface area contributed by atoms with Gasteiger partial charge in [0.2, 0.25) is 0 Å². The SMILES string of the molecule is O=C(O)Cc1cnc(CCc2ccccc2F)s1. The van der Waals surface area contributed by atoms with Gasteiger partial charge >= 0.3 is 5.97 Å². The molecule has 1 aromatic carbocycles. The molecule has 0 saturated carbocycles. The minimum absolute atomic E-state index is 0.00261. The van der Waals surface area contributed by atoms with Crippen molar-refractivity contribution < 1.29 is 14.3 Å². The molecule has 0 bridgehead atoms. The van der Waals surface area contributed by atoms with Crippen molar-refractivity contribution in [2.45, 2.75) is 19.3 Å². The number of carboxylic acid groups (broad SMARTS) is 1. The fourth-order valence-electron chi connectivity index (χ4n) is 1.64. The van der Waals surface area contributed by atoms with Gasteiger partial charge in [-0.05, 0) is 18.1 Å². The number of hydrogen-bond acceptors (Lipinski definition) is 3. The van der Waals surface area contributed by atoms with Crippen molar-refractivity contribution >= 4 is 17.3 Å². The smallest absolute Gasteiger partial charge is 0.308 e. The van der Waals surface area contributed by atoms with Gasteiger partial charge in [0.1, 0.15) is 5.82 Å². The van der Waals surface area contributed by atoms with Crippen LogP contribution in [0.2, 0.25) is 0 Å². The summed E-state index contributed by atoms with van der Waals surface area (Å²) in [5.74, 6) is -1.07. The molecule has 18 heavy (non-hydrogen) atoms. The van der Waals surface area contributed by atoms with Gasteiger partial charge in [-0.15, -0.1) is 11.3 Å². The summed E-state index contributed by atoms with van der Waals surface area (Å²) in [5, 5.41) is 9.49. The van der Waals surface area contributed by atoms with Crippen LogP contribution in [0.1, 0.15) is 15.4 Å². The third kappa shape index (κ3) is 3.37. The van der Waals surface area contributed by atoms with Crippen LogP contribution in [0, 0.1) is 5.82 Å². The van der Waals surface area contributed by atoms with Crippen molar-refractivity contribution in [1.29, 1.82) is 0 Å². The number of thiazole rings is 1. The van der Waals surface area contributed by atoms with E-state index in [4.69, 9.17) is 5.11 Å². The Morgan fingerprint density at radius 1 is 1.33 bits per heavy atom. The molecule has 0 aliphatic heterocycles. The maximum atomic E-state index is 13.4. The van der Waals surface area contributed by atoms with E-state index in [1.54, 1.807) is 24.4 Å². The van der Waals surface area contributed by atoms with E-state index in [0.717, 1.165) is 9.88 Å².